The summed E-state index contributed by atoms with van der Waals surface area (Å²) in [6, 6.07) is 21.4. The predicted molar refractivity (Wildman–Crippen MR) is 160 cm³/mol. The third-order valence-corrected chi connectivity index (χ3v) is 6.96. The Morgan fingerprint density at radius 2 is 1.63 bits per heavy atom. The molecule has 4 rings (SSSR count). The van der Waals surface area contributed by atoms with Crippen molar-refractivity contribution in [3.8, 4) is 0 Å². The Morgan fingerprint density at radius 3 is 2.22 bits per heavy atom. The zero-order valence-electron chi connectivity index (χ0n) is 24.0. The van der Waals surface area contributed by atoms with E-state index in [1.165, 1.54) is 4.90 Å². The van der Waals surface area contributed by atoms with Crippen molar-refractivity contribution >= 4 is 34.6 Å². The molecule has 0 saturated carbocycles. The molecule has 9 nitrogen and oxygen atoms in total. The van der Waals surface area contributed by atoms with Gasteiger partial charge >= 0.3 is 11.7 Å². The Hall–Kier alpha value is -4.66. The average molecular weight is 557 g/mol. The van der Waals surface area contributed by atoms with Gasteiger partial charge in [0, 0.05) is 12.0 Å². The topological polar surface area (TPSA) is 125 Å². The van der Waals surface area contributed by atoms with Gasteiger partial charge in [0.05, 0.1) is 22.6 Å². The summed E-state index contributed by atoms with van der Waals surface area (Å²) in [7, 11) is 0. The summed E-state index contributed by atoms with van der Waals surface area (Å²) >= 11 is 0. The monoisotopic (exact) mass is 556 g/mol. The van der Waals surface area contributed by atoms with Gasteiger partial charge in [-0.2, -0.15) is 4.98 Å². The molecular weight excluding hydrogens is 520 g/mol. The number of aromatic nitrogens is 1. The van der Waals surface area contributed by atoms with Gasteiger partial charge in [0.1, 0.15) is 6.04 Å². The smallest absolute Gasteiger partial charge is 0.412 e. The Balaban J connectivity index is 1.69. The van der Waals surface area contributed by atoms with E-state index < -0.39 is 23.3 Å². The minimum Gasteiger partial charge on any atom is -0.465 e. The van der Waals surface area contributed by atoms with E-state index in [1.807, 2.05) is 67.6 Å². The van der Waals surface area contributed by atoms with Gasteiger partial charge in [0.15, 0.2) is 0 Å². The van der Waals surface area contributed by atoms with E-state index in [0.717, 1.165) is 11.1 Å². The number of hydrogen-bond donors (Lipinski definition) is 3. The van der Waals surface area contributed by atoms with Crippen molar-refractivity contribution in [3.05, 3.63) is 99.9 Å². The normalized spacial score (nSPS) is 12.9. The summed E-state index contributed by atoms with van der Waals surface area (Å²) in [5, 5.41) is 16.2. The van der Waals surface area contributed by atoms with Gasteiger partial charge < -0.3 is 20.2 Å². The molecule has 0 bridgehead atoms. The number of rotatable bonds is 9. The molecule has 0 aliphatic heterocycles. The SMILES string of the molecule is CCC(NC(=O)[C@H](Cc1ccccc1)Nc1nc2ccc(N(C(=O)O)C(C)(C)C)c(C)c2c(=O)o1)c1ccccc1. The molecule has 1 heterocycles. The van der Waals surface area contributed by atoms with Crippen molar-refractivity contribution < 1.29 is 19.1 Å². The van der Waals surface area contributed by atoms with E-state index in [1.54, 1.807) is 39.8 Å². The lowest BCUT2D eigenvalue weighted by molar-refractivity contribution is -0.122. The largest absolute Gasteiger partial charge is 0.465 e. The highest BCUT2D eigenvalue weighted by Crippen LogP contribution is 2.31. The summed E-state index contributed by atoms with van der Waals surface area (Å²) in [5.41, 5.74) is 1.65. The fourth-order valence-corrected chi connectivity index (χ4v) is 4.95. The van der Waals surface area contributed by atoms with Crippen molar-refractivity contribution in [2.24, 2.45) is 0 Å². The van der Waals surface area contributed by atoms with Crippen LogP contribution in [-0.4, -0.2) is 33.7 Å². The van der Waals surface area contributed by atoms with Crippen LogP contribution in [0, 0.1) is 6.92 Å². The number of fused-ring (bicyclic) bond motifs is 1. The van der Waals surface area contributed by atoms with Crippen LogP contribution in [0.25, 0.3) is 10.9 Å². The molecule has 3 N–H and O–H groups in total. The maximum absolute atomic E-state index is 13.6. The number of carbonyl (C=O) groups excluding carboxylic acids is 1. The van der Waals surface area contributed by atoms with Crippen LogP contribution in [-0.2, 0) is 11.2 Å². The van der Waals surface area contributed by atoms with Crippen LogP contribution in [0.5, 0.6) is 0 Å². The molecule has 0 saturated heterocycles. The highest BCUT2D eigenvalue weighted by Gasteiger charge is 2.30. The van der Waals surface area contributed by atoms with Gasteiger partial charge in [0.2, 0.25) is 5.91 Å². The summed E-state index contributed by atoms with van der Waals surface area (Å²) in [4.78, 5) is 44.6. The van der Waals surface area contributed by atoms with Crippen LogP contribution in [0.2, 0.25) is 0 Å². The lowest BCUT2D eigenvalue weighted by atomic mass is 10.0. The third-order valence-electron chi connectivity index (χ3n) is 6.96. The quantitative estimate of drug-likeness (QED) is 0.228. The van der Waals surface area contributed by atoms with Crippen molar-refractivity contribution in [3.63, 3.8) is 0 Å². The molecule has 0 fully saturated rings. The molecule has 4 aromatic rings. The molecule has 0 spiro atoms. The number of anilines is 2. The van der Waals surface area contributed by atoms with Crippen LogP contribution in [0.4, 0.5) is 16.5 Å². The van der Waals surface area contributed by atoms with Crippen LogP contribution >= 0.6 is 0 Å². The summed E-state index contributed by atoms with van der Waals surface area (Å²) in [5.74, 6) is -0.261. The molecule has 0 aliphatic rings. The minimum atomic E-state index is -1.13. The Bertz CT molecular complexity index is 1580. The molecule has 0 radical (unpaired) electrons. The molecule has 2 atom stereocenters. The van der Waals surface area contributed by atoms with Crippen LogP contribution in [0.3, 0.4) is 0 Å². The lowest BCUT2D eigenvalue weighted by Gasteiger charge is -2.34. The second-order valence-electron chi connectivity index (χ2n) is 11.0. The Morgan fingerprint density at radius 1 is 1.00 bits per heavy atom. The Kier molecular flexibility index (Phi) is 8.76. The number of amides is 2. The number of aryl methyl sites for hydroxylation is 1. The maximum Gasteiger partial charge on any atom is 0.412 e. The van der Waals surface area contributed by atoms with Crippen LogP contribution < -0.4 is 21.2 Å². The van der Waals surface area contributed by atoms with E-state index in [2.05, 4.69) is 15.6 Å². The zero-order valence-corrected chi connectivity index (χ0v) is 24.0. The van der Waals surface area contributed by atoms with E-state index in [4.69, 9.17) is 4.42 Å². The second-order valence-corrected chi connectivity index (χ2v) is 11.0. The fourth-order valence-electron chi connectivity index (χ4n) is 4.95. The van der Waals surface area contributed by atoms with Crippen molar-refractivity contribution in [1.29, 1.82) is 0 Å². The first-order valence-corrected chi connectivity index (χ1v) is 13.6. The Labute approximate surface area is 239 Å². The van der Waals surface area contributed by atoms with Crippen molar-refractivity contribution in [1.82, 2.24) is 10.3 Å². The fraction of sp³-hybridized carbons (Fsp3) is 0.312. The second kappa shape index (κ2) is 12.2. The first-order chi connectivity index (χ1) is 19.5. The van der Waals surface area contributed by atoms with E-state index in [9.17, 15) is 19.5 Å². The lowest BCUT2D eigenvalue weighted by Crippen LogP contribution is -2.45. The van der Waals surface area contributed by atoms with Gasteiger partial charge in [-0.1, -0.05) is 67.6 Å². The van der Waals surface area contributed by atoms with Crippen molar-refractivity contribution in [2.45, 2.75) is 65.1 Å². The predicted octanol–water partition coefficient (Wildman–Crippen LogP) is 6.07. The number of carboxylic acid groups (broad SMARTS) is 1. The highest BCUT2D eigenvalue weighted by atomic mass is 16.4. The first-order valence-electron chi connectivity index (χ1n) is 13.6. The number of benzene rings is 3. The first kappa shape index (κ1) is 29.3. The standard InChI is InChI=1S/C32H36N4O5/c1-6-23(22-15-11-8-12-16-22)33-28(37)25(19-21-13-9-7-10-14-21)35-30-34-24-17-18-26(20(2)27(24)29(38)41-30)36(31(39)40)32(3,4)5/h7-18,23,25H,6,19H2,1-5H3,(H,33,37)(H,34,35)(H,39,40)/t23?,25-/m0/s1. The number of hydrogen-bond acceptors (Lipinski definition) is 6. The summed E-state index contributed by atoms with van der Waals surface area (Å²) in [6.07, 6.45) is -0.106. The molecule has 2 amide bonds. The van der Waals surface area contributed by atoms with E-state index in [0.29, 0.717) is 29.6 Å². The molecule has 0 aliphatic carbocycles. The molecule has 41 heavy (non-hydrogen) atoms. The molecule has 1 aromatic heterocycles. The highest BCUT2D eigenvalue weighted by molar-refractivity contribution is 5.95. The van der Waals surface area contributed by atoms with E-state index in [-0.39, 0.29) is 23.3 Å². The van der Waals surface area contributed by atoms with Gasteiger partial charge in [-0.25, -0.2) is 9.59 Å². The molecular formula is C32H36N4O5. The zero-order chi connectivity index (χ0) is 29.7. The number of carbonyl (C=O) groups is 2. The number of nitrogens with one attached hydrogen (secondary N) is 2. The van der Waals surface area contributed by atoms with Crippen LogP contribution in [0.15, 0.2) is 82.0 Å². The molecule has 3 aromatic carbocycles. The molecule has 214 valence electrons. The van der Waals surface area contributed by atoms with Crippen molar-refractivity contribution in [2.75, 3.05) is 10.2 Å². The number of nitrogens with zero attached hydrogens (tertiary/aromatic N) is 2. The van der Waals surface area contributed by atoms with Gasteiger partial charge in [0.25, 0.3) is 6.01 Å². The minimum absolute atomic E-state index is 0.0931. The van der Waals surface area contributed by atoms with Gasteiger partial charge in [-0.3, -0.25) is 9.69 Å². The summed E-state index contributed by atoms with van der Waals surface area (Å²) in [6.45, 7) is 9.00. The molecule has 1 unspecified atom stereocenters. The molecule has 9 heteroatoms. The van der Waals surface area contributed by atoms with Crippen LogP contribution in [0.1, 0.15) is 56.8 Å². The summed E-state index contributed by atoms with van der Waals surface area (Å²) < 4.78 is 5.56. The maximum atomic E-state index is 13.6. The van der Waals surface area contributed by atoms with E-state index >= 15 is 0 Å². The van der Waals surface area contributed by atoms with Gasteiger partial charge in [-0.05, 0) is 62.9 Å². The third kappa shape index (κ3) is 6.74. The van der Waals surface area contributed by atoms with Gasteiger partial charge in [-0.15, -0.1) is 0 Å². The average Bonchev–Trinajstić information content (AvgIpc) is 2.92.